The number of para-hydroxylation sites is 3. The summed E-state index contributed by atoms with van der Waals surface area (Å²) in [6, 6.07) is 66.9. The second-order valence-corrected chi connectivity index (χ2v) is 16.2. The highest BCUT2D eigenvalue weighted by Crippen LogP contribution is 2.52. The zero-order chi connectivity index (χ0) is 39.2. The van der Waals surface area contributed by atoms with Crippen LogP contribution in [-0.4, -0.2) is 14.5 Å². The van der Waals surface area contributed by atoms with E-state index in [4.69, 9.17) is 14.4 Å². The number of aromatic nitrogens is 3. The molecule has 0 unspecified atom stereocenters. The molecular weight excluding hydrogens is 719 g/mol. The van der Waals surface area contributed by atoms with Crippen LogP contribution in [-0.2, 0) is 5.41 Å². The van der Waals surface area contributed by atoms with Gasteiger partial charge in [-0.2, -0.15) is 0 Å². The monoisotopic (exact) mass is 755 g/mol. The fraction of sp³-hybridized carbons (Fsp3) is 0.0545. The fourth-order valence-electron chi connectivity index (χ4n) is 9.48. The Balaban J connectivity index is 1.06. The number of rotatable bonds is 5. The Kier molecular flexibility index (Phi) is 7.24. The van der Waals surface area contributed by atoms with E-state index in [0.29, 0.717) is 5.95 Å². The molecule has 0 radical (unpaired) electrons. The summed E-state index contributed by atoms with van der Waals surface area (Å²) < 4.78 is 8.76. The third kappa shape index (κ3) is 5.16. The molecule has 1 aliphatic rings. The van der Waals surface area contributed by atoms with E-state index in [1.54, 1.807) is 0 Å². The lowest BCUT2D eigenvalue weighted by Gasteiger charge is -2.22. The zero-order valence-corrected chi connectivity index (χ0v) is 32.6. The van der Waals surface area contributed by atoms with Crippen LogP contribution in [0.3, 0.4) is 0 Å². The maximum Gasteiger partial charge on any atom is 0.235 e. The van der Waals surface area contributed by atoms with Crippen LogP contribution in [0.25, 0.3) is 106 Å². The second-order valence-electron chi connectivity index (χ2n) is 16.2. The molecule has 8 aromatic carbocycles. The lowest BCUT2D eigenvalue weighted by Crippen LogP contribution is -2.15. The largest absolute Gasteiger partial charge is 0.455 e. The summed E-state index contributed by atoms with van der Waals surface area (Å²) in [7, 11) is 0. The molecule has 3 heterocycles. The molecular formula is C55H37N3O. The topological polar surface area (TPSA) is 43.9 Å². The summed E-state index contributed by atoms with van der Waals surface area (Å²) in [4.78, 5) is 10.7. The van der Waals surface area contributed by atoms with E-state index in [1.807, 2.05) is 12.1 Å². The first-order valence-electron chi connectivity index (χ1n) is 20.2. The van der Waals surface area contributed by atoms with Gasteiger partial charge in [-0.3, -0.25) is 4.57 Å². The highest BCUT2D eigenvalue weighted by Gasteiger charge is 2.37. The average Bonchev–Trinajstić information content (AvgIpc) is 3.91. The van der Waals surface area contributed by atoms with Crippen LogP contribution in [0.15, 0.2) is 192 Å². The van der Waals surface area contributed by atoms with Gasteiger partial charge in [-0.1, -0.05) is 159 Å². The molecule has 11 aromatic rings. The van der Waals surface area contributed by atoms with Gasteiger partial charge in [0.1, 0.15) is 11.2 Å². The minimum Gasteiger partial charge on any atom is -0.455 e. The zero-order valence-electron chi connectivity index (χ0n) is 32.6. The molecule has 4 nitrogen and oxygen atoms in total. The van der Waals surface area contributed by atoms with Crippen LogP contribution in [0.5, 0.6) is 0 Å². The molecule has 3 aromatic heterocycles. The van der Waals surface area contributed by atoms with Crippen molar-refractivity contribution in [3.05, 3.63) is 199 Å². The number of nitrogens with zero attached hydrogens (tertiary/aromatic N) is 3. The Morgan fingerprint density at radius 3 is 1.88 bits per heavy atom. The summed E-state index contributed by atoms with van der Waals surface area (Å²) in [6.45, 7) is 4.72. The molecule has 1 aliphatic carbocycles. The quantitative estimate of drug-likeness (QED) is 0.176. The summed E-state index contributed by atoms with van der Waals surface area (Å²) in [5.41, 5.74) is 17.3. The molecule has 0 atom stereocenters. The predicted octanol–water partition coefficient (Wildman–Crippen LogP) is 14.4. The first-order chi connectivity index (χ1) is 29.0. The highest BCUT2D eigenvalue weighted by atomic mass is 16.3. The van der Waals surface area contributed by atoms with E-state index in [1.165, 1.54) is 38.6 Å². The van der Waals surface area contributed by atoms with Crippen LogP contribution < -0.4 is 0 Å². The third-order valence-corrected chi connectivity index (χ3v) is 12.4. The van der Waals surface area contributed by atoms with Crippen molar-refractivity contribution in [2.45, 2.75) is 19.3 Å². The highest BCUT2D eigenvalue weighted by molar-refractivity contribution is 6.12. The normalized spacial score (nSPS) is 13.1. The van der Waals surface area contributed by atoms with Gasteiger partial charge in [-0.05, 0) is 81.4 Å². The Morgan fingerprint density at radius 1 is 0.407 bits per heavy atom. The van der Waals surface area contributed by atoms with Crippen molar-refractivity contribution in [1.82, 2.24) is 14.5 Å². The molecule has 0 fully saturated rings. The Labute approximate surface area is 341 Å². The van der Waals surface area contributed by atoms with Gasteiger partial charge in [0, 0.05) is 43.7 Å². The van der Waals surface area contributed by atoms with Crippen molar-refractivity contribution in [2.24, 2.45) is 0 Å². The Morgan fingerprint density at radius 2 is 1.05 bits per heavy atom. The minimum atomic E-state index is -0.236. The third-order valence-electron chi connectivity index (χ3n) is 12.4. The van der Waals surface area contributed by atoms with Crippen LogP contribution in [0.1, 0.15) is 25.0 Å². The van der Waals surface area contributed by atoms with Crippen molar-refractivity contribution in [2.75, 3.05) is 0 Å². The van der Waals surface area contributed by atoms with Gasteiger partial charge in [-0.25, -0.2) is 9.97 Å². The van der Waals surface area contributed by atoms with Crippen LogP contribution in [0, 0.1) is 0 Å². The van der Waals surface area contributed by atoms with Gasteiger partial charge in [0.15, 0.2) is 0 Å². The van der Waals surface area contributed by atoms with Crippen molar-refractivity contribution < 1.29 is 4.42 Å². The van der Waals surface area contributed by atoms with Gasteiger partial charge in [0.2, 0.25) is 5.95 Å². The summed E-state index contributed by atoms with van der Waals surface area (Å²) in [5.74, 6) is 0.643. The van der Waals surface area contributed by atoms with Gasteiger partial charge in [0.25, 0.3) is 0 Å². The van der Waals surface area contributed by atoms with E-state index >= 15 is 0 Å². The smallest absolute Gasteiger partial charge is 0.235 e. The van der Waals surface area contributed by atoms with Gasteiger partial charge in [0.05, 0.1) is 22.4 Å². The summed E-state index contributed by atoms with van der Waals surface area (Å²) in [6.07, 6.45) is 0. The molecule has 0 amide bonds. The molecule has 59 heavy (non-hydrogen) atoms. The standard InChI is InChI=1S/C55H37N3O/c1-55(2)46-30-37(39-23-14-24-43-42-22-10-12-26-52(42)59-53(39)43)27-28-40(46)44-32-51-45(31-47(44)55)41-21-9-11-25-50(41)58(51)54-56-48(35-17-7-4-8-18-35)33-49(57-54)38-20-13-19-36(29-38)34-15-5-3-6-16-34/h3-33H,1-2H3. The molecule has 0 saturated heterocycles. The van der Waals surface area contributed by atoms with E-state index in [0.717, 1.165) is 72.2 Å². The summed E-state index contributed by atoms with van der Waals surface area (Å²) >= 11 is 0. The molecule has 278 valence electrons. The van der Waals surface area contributed by atoms with Crippen molar-refractivity contribution in [1.29, 1.82) is 0 Å². The molecule has 4 heteroatoms. The first kappa shape index (κ1) is 33.6. The van der Waals surface area contributed by atoms with Crippen molar-refractivity contribution in [3.8, 4) is 61.8 Å². The Hall–Kier alpha value is -7.56. The number of furan rings is 1. The number of benzene rings is 8. The lowest BCUT2D eigenvalue weighted by atomic mass is 9.81. The van der Waals surface area contributed by atoms with E-state index in [-0.39, 0.29) is 5.41 Å². The SMILES string of the molecule is CC1(C)c2cc(-c3cccc4c3oc3ccccc34)ccc2-c2cc3c(cc21)c1ccccc1n3-c1nc(-c2ccccc2)cc(-c2cccc(-c3ccccc3)c2)n1. The molecule has 0 bridgehead atoms. The number of hydrogen-bond donors (Lipinski definition) is 0. The molecule has 0 aliphatic heterocycles. The molecule has 0 saturated carbocycles. The van der Waals surface area contributed by atoms with Gasteiger partial charge >= 0.3 is 0 Å². The maximum absolute atomic E-state index is 6.49. The fourth-order valence-corrected chi connectivity index (χ4v) is 9.48. The molecule has 12 rings (SSSR count). The first-order valence-corrected chi connectivity index (χ1v) is 20.2. The molecule has 0 spiro atoms. The van der Waals surface area contributed by atoms with Crippen LogP contribution in [0.2, 0.25) is 0 Å². The van der Waals surface area contributed by atoms with Gasteiger partial charge < -0.3 is 4.42 Å². The van der Waals surface area contributed by atoms with Crippen LogP contribution >= 0.6 is 0 Å². The number of hydrogen-bond acceptors (Lipinski definition) is 3. The van der Waals surface area contributed by atoms with E-state index in [2.05, 4.69) is 194 Å². The van der Waals surface area contributed by atoms with Crippen molar-refractivity contribution in [3.63, 3.8) is 0 Å². The minimum absolute atomic E-state index is 0.236. The van der Waals surface area contributed by atoms with E-state index < -0.39 is 0 Å². The van der Waals surface area contributed by atoms with Crippen molar-refractivity contribution >= 4 is 43.7 Å². The summed E-state index contributed by atoms with van der Waals surface area (Å²) in [5, 5.41) is 4.65. The Bertz CT molecular complexity index is 3460. The lowest BCUT2D eigenvalue weighted by molar-refractivity contribution is 0.661. The second kappa shape index (κ2) is 12.7. The van der Waals surface area contributed by atoms with Crippen LogP contribution in [0.4, 0.5) is 0 Å². The average molecular weight is 756 g/mol. The number of fused-ring (bicyclic) bond motifs is 9. The van der Waals surface area contributed by atoms with Gasteiger partial charge in [-0.15, -0.1) is 0 Å². The maximum atomic E-state index is 6.49. The molecule has 0 N–H and O–H groups in total. The van der Waals surface area contributed by atoms with E-state index in [9.17, 15) is 0 Å². The predicted molar refractivity (Wildman–Crippen MR) is 243 cm³/mol.